The highest BCUT2D eigenvalue weighted by molar-refractivity contribution is 6.19. The van der Waals surface area contributed by atoms with Crippen molar-refractivity contribution in [3.05, 3.63) is 121 Å². The zero-order valence-electron chi connectivity index (χ0n) is 17.4. The van der Waals surface area contributed by atoms with Crippen LogP contribution in [0.2, 0.25) is 0 Å². The number of fused-ring (bicyclic) bond motifs is 3. The van der Waals surface area contributed by atoms with E-state index in [1.807, 2.05) is 60.7 Å². The second-order valence-electron chi connectivity index (χ2n) is 8.15. The smallest absolute Gasteiger partial charge is 0.194 e. The molecule has 33 heavy (non-hydrogen) atoms. The van der Waals surface area contributed by atoms with Gasteiger partial charge in [-0.1, -0.05) is 84.9 Å². The first-order chi connectivity index (χ1) is 16.1. The Morgan fingerprint density at radius 3 is 1.79 bits per heavy atom. The Balaban J connectivity index is 1.77. The Kier molecular flexibility index (Phi) is 4.44. The van der Waals surface area contributed by atoms with E-state index >= 15 is 0 Å². The summed E-state index contributed by atoms with van der Waals surface area (Å²) in [5.74, 6) is -3.85. The molecule has 3 heteroatoms. The Morgan fingerprint density at radius 1 is 0.424 bits per heavy atom. The predicted molar refractivity (Wildman–Crippen MR) is 130 cm³/mol. The van der Waals surface area contributed by atoms with Crippen molar-refractivity contribution >= 4 is 32.3 Å². The summed E-state index contributed by atoms with van der Waals surface area (Å²) in [5, 5.41) is 6.19. The lowest BCUT2D eigenvalue weighted by atomic mass is 9.87. The third-order valence-electron chi connectivity index (χ3n) is 6.26. The maximum absolute atomic E-state index is 14.1. The normalized spacial score (nSPS) is 11.5. The van der Waals surface area contributed by atoms with E-state index in [9.17, 15) is 13.2 Å². The molecule has 0 aliphatic carbocycles. The van der Waals surface area contributed by atoms with Crippen LogP contribution >= 0.6 is 0 Å². The standard InChI is InChI=1S/C30H17F3/c31-27-16-20(17-28(32)30(27)33)22-12-6-14-25-26(22)15-19-8-2-4-11-23(19)29(25)24-13-5-9-18-7-1-3-10-21(18)24/h1-17H. The van der Waals surface area contributed by atoms with Gasteiger partial charge in [-0.05, 0) is 72.8 Å². The molecule has 0 fully saturated rings. The van der Waals surface area contributed by atoms with Gasteiger partial charge in [-0.3, -0.25) is 0 Å². The fraction of sp³-hybridized carbons (Fsp3) is 0. The lowest BCUT2D eigenvalue weighted by Gasteiger charge is -2.16. The summed E-state index contributed by atoms with van der Waals surface area (Å²) in [6, 6.07) is 32.4. The van der Waals surface area contributed by atoms with Gasteiger partial charge >= 0.3 is 0 Å². The van der Waals surface area contributed by atoms with Crippen LogP contribution in [0.25, 0.3) is 54.6 Å². The maximum atomic E-state index is 14.1. The predicted octanol–water partition coefficient (Wildman–Crippen LogP) is 8.90. The van der Waals surface area contributed by atoms with Crippen LogP contribution in [0.15, 0.2) is 103 Å². The van der Waals surface area contributed by atoms with Gasteiger partial charge < -0.3 is 0 Å². The van der Waals surface area contributed by atoms with Crippen LogP contribution < -0.4 is 0 Å². The molecule has 0 amide bonds. The van der Waals surface area contributed by atoms with Crippen molar-refractivity contribution in [1.29, 1.82) is 0 Å². The summed E-state index contributed by atoms with van der Waals surface area (Å²) in [6.07, 6.45) is 0. The molecular formula is C30H17F3. The van der Waals surface area contributed by atoms with E-state index in [1.54, 1.807) is 0 Å². The van der Waals surface area contributed by atoms with Crippen molar-refractivity contribution < 1.29 is 13.2 Å². The van der Waals surface area contributed by atoms with Gasteiger partial charge in [-0.25, -0.2) is 13.2 Å². The molecule has 0 saturated carbocycles. The molecule has 0 aromatic heterocycles. The number of benzene rings is 6. The summed E-state index contributed by atoms with van der Waals surface area (Å²) in [4.78, 5) is 0. The molecule has 0 bridgehead atoms. The molecule has 0 aliphatic heterocycles. The summed E-state index contributed by atoms with van der Waals surface area (Å²) in [6.45, 7) is 0. The topological polar surface area (TPSA) is 0 Å². The number of halogens is 3. The first kappa shape index (κ1) is 19.6. The second kappa shape index (κ2) is 7.49. The van der Waals surface area contributed by atoms with Crippen molar-refractivity contribution in [1.82, 2.24) is 0 Å². The number of rotatable bonds is 2. The average Bonchev–Trinajstić information content (AvgIpc) is 2.85. The van der Waals surface area contributed by atoms with E-state index < -0.39 is 17.5 Å². The summed E-state index contributed by atoms with van der Waals surface area (Å²) >= 11 is 0. The largest absolute Gasteiger partial charge is 0.204 e. The Bertz CT molecular complexity index is 1670. The highest BCUT2D eigenvalue weighted by Gasteiger charge is 2.17. The van der Waals surface area contributed by atoms with Crippen LogP contribution in [0.3, 0.4) is 0 Å². The number of hydrogen-bond acceptors (Lipinski definition) is 0. The zero-order valence-corrected chi connectivity index (χ0v) is 17.4. The van der Waals surface area contributed by atoms with E-state index in [0.717, 1.165) is 55.6 Å². The first-order valence-corrected chi connectivity index (χ1v) is 10.7. The van der Waals surface area contributed by atoms with E-state index in [-0.39, 0.29) is 0 Å². The first-order valence-electron chi connectivity index (χ1n) is 10.7. The molecule has 0 N–H and O–H groups in total. The van der Waals surface area contributed by atoms with E-state index in [4.69, 9.17) is 0 Å². The van der Waals surface area contributed by atoms with Gasteiger partial charge in [0.15, 0.2) is 17.5 Å². The second-order valence-corrected chi connectivity index (χ2v) is 8.15. The van der Waals surface area contributed by atoms with Crippen LogP contribution in [0, 0.1) is 17.5 Å². The maximum Gasteiger partial charge on any atom is 0.194 e. The van der Waals surface area contributed by atoms with Crippen LogP contribution in [0.5, 0.6) is 0 Å². The van der Waals surface area contributed by atoms with E-state index in [0.29, 0.717) is 11.1 Å². The molecule has 0 aliphatic rings. The van der Waals surface area contributed by atoms with Crippen LogP contribution in [-0.4, -0.2) is 0 Å². The van der Waals surface area contributed by atoms with Crippen molar-refractivity contribution in [2.24, 2.45) is 0 Å². The highest BCUT2D eigenvalue weighted by atomic mass is 19.2. The van der Waals surface area contributed by atoms with Gasteiger partial charge in [-0.2, -0.15) is 0 Å². The quantitative estimate of drug-likeness (QED) is 0.189. The van der Waals surface area contributed by atoms with Gasteiger partial charge in [0.1, 0.15) is 0 Å². The average molecular weight is 434 g/mol. The summed E-state index contributed by atoms with van der Waals surface area (Å²) in [5.41, 5.74) is 3.10. The molecule has 0 radical (unpaired) electrons. The van der Waals surface area contributed by atoms with Gasteiger partial charge in [0.2, 0.25) is 0 Å². The SMILES string of the molecule is Fc1cc(-c2cccc3c(-c4cccc5ccccc45)c4ccccc4cc23)cc(F)c1F. The highest BCUT2D eigenvalue weighted by Crippen LogP contribution is 2.42. The molecule has 6 aromatic rings. The lowest BCUT2D eigenvalue weighted by molar-refractivity contribution is 0.448. The van der Waals surface area contributed by atoms with Crippen molar-refractivity contribution in [3.63, 3.8) is 0 Å². The number of hydrogen-bond donors (Lipinski definition) is 0. The minimum Gasteiger partial charge on any atom is -0.204 e. The molecule has 0 saturated heterocycles. The lowest BCUT2D eigenvalue weighted by Crippen LogP contribution is -1.93. The molecular weight excluding hydrogens is 417 g/mol. The fourth-order valence-electron chi connectivity index (χ4n) is 4.79. The van der Waals surface area contributed by atoms with Gasteiger partial charge in [0.25, 0.3) is 0 Å². The Hall–Kier alpha value is -4.11. The summed E-state index contributed by atoms with van der Waals surface area (Å²) in [7, 11) is 0. The molecule has 6 rings (SSSR count). The van der Waals surface area contributed by atoms with Crippen LogP contribution in [0.4, 0.5) is 13.2 Å². The zero-order chi connectivity index (χ0) is 22.5. The van der Waals surface area contributed by atoms with Gasteiger partial charge in [-0.15, -0.1) is 0 Å². The third kappa shape index (κ3) is 3.08. The minimum atomic E-state index is -1.46. The van der Waals surface area contributed by atoms with Crippen LogP contribution in [0.1, 0.15) is 0 Å². The molecule has 0 atom stereocenters. The molecule has 6 aromatic carbocycles. The Morgan fingerprint density at radius 2 is 1.00 bits per heavy atom. The van der Waals surface area contributed by atoms with Crippen LogP contribution in [-0.2, 0) is 0 Å². The fourth-order valence-corrected chi connectivity index (χ4v) is 4.79. The summed E-state index contributed by atoms with van der Waals surface area (Å²) < 4.78 is 41.8. The monoisotopic (exact) mass is 434 g/mol. The molecule has 0 spiro atoms. The molecule has 0 nitrogen and oxygen atoms in total. The van der Waals surface area contributed by atoms with E-state index in [1.165, 1.54) is 0 Å². The van der Waals surface area contributed by atoms with Gasteiger partial charge in [0, 0.05) is 0 Å². The van der Waals surface area contributed by atoms with E-state index in [2.05, 4.69) is 30.3 Å². The molecule has 0 unspecified atom stereocenters. The van der Waals surface area contributed by atoms with Crippen molar-refractivity contribution in [2.75, 3.05) is 0 Å². The molecule has 0 heterocycles. The Labute approximate surface area is 188 Å². The molecule has 158 valence electrons. The van der Waals surface area contributed by atoms with Crippen molar-refractivity contribution in [2.45, 2.75) is 0 Å². The minimum absolute atomic E-state index is 0.302. The van der Waals surface area contributed by atoms with Gasteiger partial charge in [0.05, 0.1) is 0 Å². The third-order valence-corrected chi connectivity index (χ3v) is 6.26. The van der Waals surface area contributed by atoms with Crippen molar-refractivity contribution in [3.8, 4) is 22.3 Å².